The lowest BCUT2D eigenvalue weighted by atomic mass is 10.2. The van der Waals surface area contributed by atoms with Crippen molar-refractivity contribution in [1.82, 2.24) is 9.55 Å². The third-order valence-electron chi connectivity index (χ3n) is 5.10. The third-order valence-corrected chi connectivity index (χ3v) is 7.49. The van der Waals surface area contributed by atoms with E-state index in [0.717, 1.165) is 43.6 Å². The van der Waals surface area contributed by atoms with Gasteiger partial charge >= 0.3 is 0 Å². The maximum atomic E-state index is 6.16. The zero-order valence-electron chi connectivity index (χ0n) is 18.8. The minimum Gasteiger partial charge on any atom is -0.486 e. The van der Waals surface area contributed by atoms with Crippen molar-refractivity contribution in [3.05, 3.63) is 88.5 Å². The highest BCUT2D eigenvalue weighted by molar-refractivity contribution is 8.00. The highest BCUT2D eigenvalue weighted by Crippen LogP contribution is 2.39. The van der Waals surface area contributed by atoms with Crippen LogP contribution in [0.15, 0.2) is 71.6 Å². The van der Waals surface area contributed by atoms with Gasteiger partial charge in [0.05, 0.1) is 21.9 Å². The molecule has 0 amide bonds. The van der Waals surface area contributed by atoms with Crippen LogP contribution in [0.25, 0.3) is 21.1 Å². The molecular formula is C27H24ClN2OS2. The first kappa shape index (κ1) is 22.3. The first-order valence-electron chi connectivity index (χ1n) is 10.8. The van der Waals surface area contributed by atoms with Gasteiger partial charge in [0.15, 0.2) is 0 Å². The average Bonchev–Trinajstić information content (AvgIpc) is 3.34. The van der Waals surface area contributed by atoms with Gasteiger partial charge in [-0.05, 0) is 48.0 Å². The summed E-state index contributed by atoms with van der Waals surface area (Å²) in [6, 6.07) is 22.5. The van der Waals surface area contributed by atoms with E-state index in [4.69, 9.17) is 16.3 Å². The molecule has 33 heavy (non-hydrogen) atoms. The zero-order chi connectivity index (χ0) is 23.0. The van der Waals surface area contributed by atoms with Crippen molar-refractivity contribution in [1.29, 1.82) is 0 Å². The van der Waals surface area contributed by atoms with Gasteiger partial charge in [0.25, 0.3) is 0 Å². The van der Waals surface area contributed by atoms with E-state index in [1.54, 1.807) is 11.3 Å². The van der Waals surface area contributed by atoms with Crippen LogP contribution in [0.4, 0.5) is 0 Å². The van der Waals surface area contributed by atoms with Crippen LogP contribution in [0.5, 0.6) is 5.75 Å². The number of hydrogen-bond donors (Lipinski definition) is 0. The van der Waals surface area contributed by atoms with Gasteiger partial charge in [-0.25, -0.2) is 4.98 Å². The molecule has 0 bridgehead atoms. The van der Waals surface area contributed by atoms with E-state index in [0.29, 0.717) is 6.61 Å². The molecule has 0 saturated carbocycles. The van der Waals surface area contributed by atoms with Crippen molar-refractivity contribution in [2.45, 2.75) is 43.6 Å². The Hall–Kier alpha value is -2.47. The van der Waals surface area contributed by atoms with Crippen LogP contribution in [0.1, 0.15) is 31.3 Å². The van der Waals surface area contributed by atoms with E-state index in [1.807, 2.05) is 48.2 Å². The minimum atomic E-state index is 0.0771. The molecular weight excluding hydrogens is 468 g/mol. The Morgan fingerprint density at radius 2 is 1.85 bits per heavy atom. The molecule has 3 aromatic carbocycles. The molecule has 0 fully saturated rings. The van der Waals surface area contributed by atoms with Gasteiger partial charge in [0, 0.05) is 26.6 Å². The SMILES string of the molecule is CC(C)(C)Sc1[c]n(Cc2ccc(Cl)cc2)c2ccc(OCc3nc4ccccc4s3)cc12. The van der Waals surface area contributed by atoms with E-state index in [-0.39, 0.29) is 4.75 Å². The van der Waals surface area contributed by atoms with Gasteiger partial charge < -0.3 is 9.30 Å². The molecule has 0 spiro atoms. The Labute approximate surface area is 207 Å². The van der Waals surface area contributed by atoms with Crippen LogP contribution >= 0.6 is 34.7 Å². The monoisotopic (exact) mass is 491 g/mol. The molecule has 6 heteroatoms. The van der Waals surface area contributed by atoms with E-state index in [2.05, 4.69) is 66.9 Å². The molecule has 2 heterocycles. The molecule has 0 aliphatic carbocycles. The average molecular weight is 492 g/mol. The Morgan fingerprint density at radius 1 is 1.06 bits per heavy atom. The van der Waals surface area contributed by atoms with Crippen molar-refractivity contribution in [3.8, 4) is 5.75 Å². The number of aromatic nitrogens is 2. The predicted molar refractivity (Wildman–Crippen MR) is 141 cm³/mol. The number of hydrogen-bond acceptors (Lipinski definition) is 4. The Morgan fingerprint density at radius 3 is 2.61 bits per heavy atom. The van der Waals surface area contributed by atoms with Gasteiger partial charge in [0.1, 0.15) is 17.4 Å². The van der Waals surface area contributed by atoms with Crippen molar-refractivity contribution in [3.63, 3.8) is 0 Å². The summed E-state index contributed by atoms with van der Waals surface area (Å²) in [5.74, 6) is 0.843. The van der Waals surface area contributed by atoms with Gasteiger partial charge in [-0.2, -0.15) is 0 Å². The van der Waals surface area contributed by atoms with Gasteiger partial charge in [-0.1, -0.05) is 56.6 Å². The molecule has 0 unspecified atom stereocenters. The number of para-hydroxylation sites is 1. The second-order valence-electron chi connectivity index (χ2n) is 8.91. The lowest BCUT2D eigenvalue weighted by molar-refractivity contribution is 0.306. The second kappa shape index (κ2) is 9.05. The smallest absolute Gasteiger partial charge is 0.140 e. The number of thiazole rings is 1. The van der Waals surface area contributed by atoms with Gasteiger partial charge in [-0.3, -0.25) is 0 Å². The fourth-order valence-electron chi connectivity index (χ4n) is 3.67. The molecule has 5 aromatic rings. The van der Waals surface area contributed by atoms with Crippen LogP contribution in [-0.4, -0.2) is 14.3 Å². The summed E-state index contributed by atoms with van der Waals surface area (Å²) in [6.07, 6.45) is 3.61. The quantitative estimate of drug-likeness (QED) is 0.224. The number of fused-ring (bicyclic) bond motifs is 2. The van der Waals surface area contributed by atoms with Crippen molar-refractivity contribution in [2.24, 2.45) is 0 Å². The fraction of sp³-hybridized carbons (Fsp3) is 0.222. The molecule has 0 saturated heterocycles. The molecule has 3 nitrogen and oxygen atoms in total. The highest BCUT2D eigenvalue weighted by atomic mass is 35.5. The summed E-state index contributed by atoms with van der Waals surface area (Å²) < 4.78 is 9.60. The summed E-state index contributed by atoms with van der Waals surface area (Å²) in [7, 11) is 0. The molecule has 2 aromatic heterocycles. The standard InChI is InChI=1S/C27H24ClN2OS2/c1-27(2,3)33-25-16-30(15-18-8-10-19(28)11-9-18)23-13-12-20(14-21(23)25)31-17-26-29-22-6-4-5-7-24(22)32-26/h4-14H,15,17H2,1-3H3. The van der Waals surface area contributed by atoms with E-state index in [1.165, 1.54) is 10.3 Å². The fourth-order valence-corrected chi connectivity index (χ4v) is 5.72. The predicted octanol–water partition coefficient (Wildman–Crippen LogP) is 8.22. The third kappa shape index (κ3) is 5.21. The number of rotatable bonds is 6. The normalized spacial score (nSPS) is 12.0. The summed E-state index contributed by atoms with van der Waals surface area (Å²) in [6.45, 7) is 7.87. The van der Waals surface area contributed by atoms with E-state index >= 15 is 0 Å². The highest BCUT2D eigenvalue weighted by Gasteiger charge is 2.18. The topological polar surface area (TPSA) is 27.1 Å². The number of benzene rings is 3. The maximum absolute atomic E-state index is 6.16. The summed E-state index contributed by atoms with van der Waals surface area (Å²) >= 11 is 9.57. The lowest BCUT2D eigenvalue weighted by Gasteiger charge is -2.16. The minimum absolute atomic E-state index is 0.0771. The number of halogens is 1. The van der Waals surface area contributed by atoms with Crippen LogP contribution in [0, 0.1) is 6.20 Å². The lowest BCUT2D eigenvalue weighted by Crippen LogP contribution is -2.06. The Balaban J connectivity index is 1.44. The first-order valence-corrected chi connectivity index (χ1v) is 12.8. The molecule has 0 aliphatic rings. The summed E-state index contributed by atoms with van der Waals surface area (Å²) in [5, 5.41) is 2.89. The molecule has 0 atom stereocenters. The summed E-state index contributed by atoms with van der Waals surface area (Å²) in [4.78, 5) is 5.82. The first-order chi connectivity index (χ1) is 15.8. The second-order valence-corrected chi connectivity index (χ2v) is 12.3. The van der Waals surface area contributed by atoms with Gasteiger partial charge in [-0.15, -0.1) is 23.1 Å². The zero-order valence-corrected chi connectivity index (χ0v) is 21.2. The number of nitrogens with zero attached hydrogens (tertiary/aromatic N) is 2. The molecule has 0 N–H and O–H groups in total. The number of ether oxygens (including phenoxy) is 1. The molecule has 1 radical (unpaired) electrons. The van der Waals surface area contributed by atoms with Crippen LogP contribution < -0.4 is 4.74 Å². The summed E-state index contributed by atoms with van der Waals surface area (Å²) in [5.41, 5.74) is 3.36. The largest absolute Gasteiger partial charge is 0.486 e. The molecule has 0 aliphatic heterocycles. The van der Waals surface area contributed by atoms with Crippen LogP contribution in [-0.2, 0) is 13.2 Å². The molecule has 5 rings (SSSR count). The van der Waals surface area contributed by atoms with Crippen molar-refractivity contribution in [2.75, 3.05) is 0 Å². The Bertz CT molecular complexity index is 1380. The van der Waals surface area contributed by atoms with Crippen LogP contribution in [0.3, 0.4) is 0 Å². The van der Waals surface area contributed by atoms with Gasteiger partial charge in [0.2, 0.25) is 0 Å². The van der Waals surface area contributed by atoms with Crippen molar-refractivity contribution < 1.29 is 4.74 Å². The maximum Gasteiger partial charge on any atom is 0.140 e. The Kier molecular flexibility index (Phi) is 6.12. The van der Waals surface area contributed by atoms with E-state index < -0.39 is 0 Å². The molecule has 167 valence electrons. The number of thioether (sulfide) groups is 1. The van der Waals surface area contributed by atoms with E-state index in [9.17, 15) is 0 Å². The van der Waals surface area contributed by atoms with Crippen molar-refractivity contribution >= 4 is 55.8 Å². The van der Waals surface area contributed by atoms with Crippen LogP contribution in [0.2, 0.25) is 5.02 Å².